The van der Waals surface area contributed by atoms with Gasteiger partial charge in [0.05, 0.1) is 11.7 Å². The summed E-state index contributed by atoms with van der Waals surface area (Å²) in [6, 6.07) is 49.8. The van der Waals surface area contributed by atoms with Crippen LogP contribution in [-0.4, -0.2) is 5.91 Å². The van der Waals surface area contributed by atoms with Crippen molar-refractivity contribution in [2.75, 3.05) is 4.90 Å². The van der Waals surface area contributed by atoms with Crippen LogP contribution in [0, 0.1) is 0 Å². The molecule has 2 aliphatic rings. The number of hydrogen-bond acceptors (Lipinski definition) is 2. The van der Waals surface area contributed by atoms with Gasteiger partial charge in [0.15, 0.2) is 0 Å². The number of hydrogen-bond donors (Lipinski definition) is 0. The predicted octanol–water partition coefficient (Wildman–Crippen LogP) is 9.33. The van der Waals surface area contributed by atoms with E-state index in [0.29, 0.717) is 0 Å². The fraction of sp³-hybridized carbons (Fsp3) is 0.0513. The van der Waals surface area contributed by atoms with Gasteiger partial charge in [0.2, 0.25) is 5.91 Å². The quantitative estimate of drug-likeness (QED) is 0.162. The minimum absolute atomic E-state index is 0.0593. The van der Waals surface area contributed by atoms with Crippen LogP contribution < -0.4 is 9.64 Å². The van der Waals surface area contributed by atoms with Crippen LogP contribution in [0.3, 0.4) is 0 Å². The lowest BCUT2D eigenvalue weighted by molar-refractivity contribution is -0.131. The van der Waals surface area contributed by atoms with Gasteiger partial charge in [-0.2, -0.15) is 0 Å². The van der Waals surface area contributed by atoms with Gasteiger partial charge in [-0.15, -0.1) is 0 Å². The van der Waals surface area contributed by atoms with Crippen LogP contribution in [0.4, 0.5) is 5.69 Å². The molecule has 7 aromatic rings. The molecule has 0 radical (unpaired) electrons. The van der Waals surface area contributed by atoms with Crippen LogP contribution in [-0.2, 0) is 10.2 Å². The summed E-state index contributed by atoms with van der Waals surface area (Å²) >= 11 is 0. The Hall–Kier alpha value is -5.41. The van der Waals surface area contributed by atoms with Crippen molar-refractivity contribution in [2.45, 2.75) is 11.5 Å². The first kappa shape index (κ1) is 23.3. The van der Waals surface area contributed by atoms with Gasteiger partial charge in [-0.1, -0.05) is 121 Å². The summed E-state index contributed by atoms with van der Waals surface area (Å²) in [4.78, 5) is 17.3. The molecule has 42 heavy (non-hydrogen) atoms. The van der Waals surface area contributed by atoms with Gasteiger partial charge in [0, 0.05) is 16.5 Å². The molecule has 0 unspecified atom stereocenters. The third kappa shape index (κ3) is 2.92. The molecule has 9 rings (SSSR count). The molecule has 3 heteroatoms. The second kappa shape index (κ2) is 8.55. The number of fused-ring (bicyclic) bond motifs is 7. The van der Waals surface area contributed by atoms with E-state index in [4.69, 9.17) is 4.74 Å². The highest BCUT2D eigenvalue weighted by Crippen LogP contribution is 2.64. The minimum atomic E-state index is -0.963. The average molecular weight is 540 g/mol. The highest BCUT2D eigenvalue weighted by atomic mass is 16.5. The van der Waals surface area contributed by atoms with Crippen molar-refractivity contribution in [3.8, 4) is 11.5 Å². The molecule has 198 valence electrons. The van der Waals surface area contributed by atoms with Crippen molar-refractivity contribution >= 4 is 43.9 Å². The second-order valence-electron chi connectivity index (χ2n) is 11.2. The maximum absolute atomic E-state index is 15.2. The van der Waals surface area contributed by atoms with Crippen LogP contribution in [0.15, 0.2) is 146 Å². The lowest BCUT2D eigenvalue weighted by atomic mass is 9.57. The molecule has 1 saturated heterocycles. The van der Waals surface area contributed by atoms with E-state index in [1.54, 1.807) is 0 Å². The molecule has 1 fully saturated rings. The fourth-order valence-electron chi connectivity index (χ4n) is 7.46. The first-order valence-electron chi connectivity index (χ1n) is 14.4. The number of ether oxygens (including phenoxy) is 1. The van der Waals surface area contributed by atoms with E-state index >= 15 is 4.79 Å². The zero-order chi connectivity index (χ0) is 27.8. The molecule has 0 N–H and O–H groups in total. The van der Waals surface area contributed by atoms with Gasteiger partial charge >= 0.3 is 0 Å². The van der Waals surface area contributed by atoms with E-state index in [2.05, 4.69) is 102 Å². The van der Waals surface area contributed by atoms with Crippen molar-refractivity contribution in [3.05, 3.63) is 162 Å². The summed E-state index contributed by atoms with van der Waals surface area (Å²) in [6.07, 6.45) is 0. The number of anilines is 1. The summed E-state index contributed by atoms with van der Waals surface area (Å²) in [5.74, 6) is 1.53. The Morgan fingerprint density at radius 2 is 1.02 bits per heavy atom. The topological polar surface area (TPSA) is 29.5 Å². The Bertz CT molecular complexity index is 2130. The van der Waals surface area contributed by atoms with Gasteiger partial charge in [0.1, 0.15) is 16.9 Å². The normalized spacial score (nSPS) is 16.7. The van der Waals surface area contributed by atoms with Crippen LogP contribution in [0.2, 0.25) is 0 Å². The molecule has 7 aromatic carbocycles. The number of para-hydroxylation sites is 2. The maximum Gasteiger partial charge on any atom is 0.245 e. The van der Waals surface area contributed by atoms with Crippen LogP contribution >= 0.6 is 0 Å². The maximum atomic E-state index is 15.2. The zero-order valence-corrected chi connectivity index (χ0v) is 22.7. The third-order valence-electron chi connectivity index (χ3n) is 9.18. The van der Waals surface area contributed by atoms with Crippen molar-refractivity contribution in [2.24, 2.45) is 0 Å². The minimum Gasteiger partial charge on any atom is -0.457 e. The largest absolute Gasteiger partial charge is 0.457 e. The number of rotatable bonds is 2. The molecule has 2 aliphatic heterocycles. The highest BCUT2D eigenvalue weighted by Gasteiger charge is 2.67. The summed E-state index contributed by atoms with van der Waals surface area (Å²) in [7, 11) is 0. The first-order valence-corrected chi connectivity index (χ1v) is 14.4. The number of amides is 1. The summed E-state index contributed by atoms with van der Waals surface area (Å²) in [6.45, 7) is 0. The standard InChI is InChI=1S/C39H25NO2/c41-38-39(31-19-7-9-22-34(31)42-35-23-10-8-20-32(35)39)37(40(38)33-21-11-15-25-12-1-4-16-28(25)33)36-29-17-5-2-13-26(29)24-27-14-3-6-18-30(27)36/h1-24,37H/t37-/m0/s1. The summed E-state index contributed by atoms with van der Waals surface area (Å²) in [5, 5.41) is 6.79. The molecule has 2 heterocycles. The molecule has 0 bridgehead atoms. The average Bonchev–Trinajstić information content (AvgIpc) is 3.05. The lowest BCUT2D eigenvalue weighted by Crippen LogP contribution is -2.67. The van der Waals surface area contributed by atoms with Gasteiger partial charge in [-0.25, -0.2) is 0 Å². The number of carbonyl (C=O) groups is 1. The van der Waals surface area contributed by atoms with Crippen LogP contribution in [0.25, 0.3) is 32.3 Å². The van der Waals surface area contributed by atoms with E-state index < -0.39 is 5.41 Å². The van der Waals surface area contributed by atoms with Gasteiger partial charge < -0.3 is 9.64 Å². The Balaban J connectivity index is 1.46. The van der Waals surface area contributed by atoms with E-state index in [0.717, 1.165) is 66.2 Å². The first-order chi connectivity index (χ1) is 20.8. The Morgan fingerprint density at radius 1 is 0.524 bits per heavy atom. The molecule has 3 nitrogen and oxygen atoms in total. The molecule has 1 spiro atoms. The molecular weight excluding hydrogens is 514 g/mol. The molecular formula is C39H25NO2. The summed E-state index contributed by atoms with van der Waals surface area (Å²) in [5.41, 5.74) is 2.93. The SMILES string of the molecule is O=C1N(c2cccc3ccccc23)[C@@H](c2c3ccccc3cc3ccccc23)C12c1ccccc1Oc1ccccc12. The number of carbonyl (C=O) groups excluding carboxylic acids is 1. The predicted molar refractivity (Wildman–Crippen MR) is 169 cm³/mol. The molecule has 0 aromatic heterocycles. The number of nitrogens with zero attached hydrogens (tertiary/aromatic N) is 1. The van der Waals surface area contributed by atoms with Crippen molar-refractivity contribution in [1.29, 1.82) is 0 Å². The molecule has 1 atom stereocenters. The monoisotopic (exact) mass is 539 g/mol. The van der Waals surface area contributed by atoms with E-state index in [1.807, 2.05) is 48.5 Å². The molecule has 0 aliphatic carbocycles. The van der Waals surface area contributed by atoms with Gasteiger partial charge in [-0.05, 0) is 56.8 Å². The second-order valence-corrected chi connectivity index (χ2v) is 11.2. The summed E-state index contributed by atoms with van der Waals surface area (Å²) < 4.78 is 6.46. The molecule has 0 saturated carbocycles. The molecule has 1 amide bonds. The van der Waals surface area contributed by atoms with Crippen LogP contribution in [0.1, 0.15) is 22.7 Å². The van der Waals surface area contributed by atoms with E-state index in [9.17, 15) is 0 Å². The number of benzene rings is 7. The fourth-order valence-corrected chi connectivity index (χ4v) is 7.46. The Morgan fingerprint density at radius 3 is 1.67 bits per heavy atom. The van der Waals surface area contributed by atoms with Crippen LogP contribution in [0.5, 0.6) is 11.5 Å². The van der Waals surface area contributed by atoms with Crippen molar-refractivity contribution < 1.29 is 9.53 Å². The van der Waals surface area contributed by atoms with Crippen molar-refractivity contribution in [3.63, 3.8) is 0 Å². The zero-order valence-electron chi connectivity index (χ0n) is 22.7. The number of β-lactam (4-membered cyclic amide) rings is 1. The third-order valence-corrected chi connectivity index (χ3v) is 9.18. The van der Waals surface area contributed by atoms with Gasteiger partial charge in [0.25, 0.3) is 0 Å². The Kier molecular flexibility index (Phi) is 4.74. The lowest BCUT2D eigenvalue weighted by Gasteiger charge is -2.58. The van der Waals surface area contributed by atoms with Gasteiger partial charge in [-0.3, -0.25) is 4.79 Å². The highest BCUT2D eigenvalue weighted by molar-refractivity contribution is 6.19. The Labute approximate surface area is 243 Å². The van der Waals surface area contributed by atoms with E-state index in [1.165, 1.54) is 0 Å². The van der Waals surface area contributed by atoms with Crippen molar-refractivity contribution in [1.82, 2.24) is 0 Å². The smallest absolute Gasteiger partial charge is 0.245 e. The van der Waals surface area contributed by atoms with E-state index in [-0.39, 0.29) is 11.9 Å².